The van der Waals surface area contributed by atoms with Crippen LogP contribution in [0.3, 0.4) is 0 Å². The van der Waals surface area contributed by atoms with Crippen molar-refractivity contribution < 1.29 is 13.2 Å². The van der Waals surface area contributed by atoms with Crippen molar-refractivity contribution in [3.8, 4) is 5.75 Å². The molecule has 0 radical (unpaired) electrons. The van der Waals surface area contributed by atoms with Crippen molar-refractivity contribution in [1.82, 2.24) is 4.72 Å². The van der Waals surface area contributed by atoms with Crippen molar-refractivity contribution in [3.05, 3.63) is 54.1 Å². The molecule has 2 aromatic rings. The summed E-state index contributed by atoms with van der Waals surface area (Å²) in [5.74, 6) is 0.795. The van der Waals surface area contributed by atoms with Gasteiger partial charge >= 0.3 is 0 Å². The number of rotatable bonds is 6. The third kappa shape index (κ3) is 5.97. The van der Waals surface area contributed by atoms with E-state index in [9.17, 15) is 8.42 Å². The molecule has 0 aliphatic heterocycles. The molecule has 0 saturated carbocycles. The average Bonchev–Trinajstić information content (AvgIpc) is 2.58. The Kier molecular flexibility index (Phi) is 6.45. The smallest absolute Gasteiger partial charge is 0.241 e. The molecule has 27 heavy (non-hydrogen) atoms. The number of guanidine groups is 1. The number of para-hydroxylation sites is 2. The van der Waals surface area contributed by atoms with E-state index >= 15 is 0 Å². The van der Waals surface area contributed by atoms with Crippen LogP contribution in [-0.4, -0.2) is 27.0 Å². The molecular weight excluding hydrogens is 364 g/mol. The number of anilines is 1. The number of hydrogen-bond acceptors (Lipinski definition) is 4. The van der Waals surface area contributed by atoms with Crippen LogP contribution in [0.25, 0.3) is 0 Å². The van der Waals surface area contributed by atoms with Crippen molar-refractivity contribution in [2.75, 3.05) is 12.4 Å². The first-order chi connectivity index (χ1) is 12.6. The van der Waals surface area contributed by atoms with E-state index in [0.717, 1.165) is 0 Å². The van der Waals surface area contributed by atoms with Gasteiger partial charge in [-0.05, 0) is 44.5 Å². The largest absolute Gasteiger partial charge is 0.495 e. The average molecular weight is 391 g/mol. The lowest BCUT2D eigenvalue weighted by molar-refractivity contribution is 0.417. The highest BCUT2D eigenvalue weighted by atomic mass is 32.2. The SMILES string of the molecule is COc1ccccc1NC(N)=NCc1ccccc1S(=O)(=O)NC(C)(C)C. The topological polar surface area (TPSA) is 106 Å². The normalized spacial score (nSPS) is 12.7. The molecule has 0 saturated heterocycles. The van der Waals surface area contributed by atoms with E-state index in [1.165, 1.54) is 0 Å². The summed E-state index contributed by atoms with van der Waals surface area (Å²) in [4.78, 5) is 4.46. The minimum atomic E-state index is -3.67. The second-order valence-corrected chi connectivity index (χ2v) is 8.64. The highest BCUT2D eigenvalue weighted by Crippen LogP contribution is 2.23. The van der Waals surface area contributed by atoms with Gasteiger partial charge in [0.25, 0.3) is 0 Å². The Labute approximate surface area is 160 Å². The molecule has 0 aliphatic carbocycles. The molecule has 0 unspecified atom stereocenters. The molecule has 0 fully saturated rings. The molecule has 0 atom stereocenters. The number of nitrogens with zero attached hydrogens (tertiary/aromatic N) is 1. The standard InChI is InChI=1S/C19H26N4O3S/c1-19(2,3)23-27(24,25)17-12-8-5-9-14(17)13-21-18(20)22-15-10-6-7-11-16(15)26-4/h5-12,23H,13H2,1-4H3,(H3,20,21,22). The monoisotopic (exact) mass is 390 g/mol. The van der Waals surface area contributed by atoms with Crippen molar-refractivity contribution in [2.24, 2.45) is 10.7 Å². The van der Waals surface area contributed by atoms with E-state index in [2.05, 4.69) is 15.0 Å². The summed E-state index contributed by atoms with van der Waals surface area (Å²) in [6.07, 6.45) is 0. The third-order valence-electron chi connectivity index (χ3n) is 3.49. The zero-order valence-electron chi connectivity index (χ0n) is 16.0. The highest BCUT2D eigenvalue weighted by Gasteiger charge is 2.24. The van der Waals surface area contributed by atoms with Gasteiger partial charge in [-0.25, -0.2) is 18.1 Å². The Morgan fingerprint density at radius 1 is 1.11 bits per heavy atom. The number of benzene rings is 2. The molecule has 0 spiro atoms. The second kappa shape index (κ2) is 8.41. The first-order valence-corrected chi connectivity index (χ1v) is 9.92. The number of ether oxygens (including phenoxy) is 1. The molecule has 7 nitrogen and oxygen atoms in total. The van der Waals surface area contributed by atoms with E-state index < -0.39 is 15.6 Å². The molecule has 146 valence electrons. The quantitative estimate of drug-likeness (QED) is 0.519. The number of nitrogens with two attached hydrogens (primary N) is 1. The molecule has 0 heterocycles. The Bertz CT molecular complexity index is 919. The zero-order valence-corrected chi connectivity index (χ0v) is 16.8. The highest BCUT2D eigenvalue weighted by molar-refractivity contribution is 7.89. The van der Waals surface area contributed by atoms with Gasteiger partial charge in [0.15, 0.2) is 5.96 Å². The van der Waals surface area contributed by atoms with Gasteiger partial charge in [0.05, 0.1) is 24.2 Å². The van der Waals surface area contributed by atoms with Crippen molar-refractivity contribution in [3.63, 3.8) is 0 Å². The van der Waals surface area contributed by atoms with Gasteiger partial charge in [-0.15, -0.1) is 0 Å². The predicted octanol–water partition coefficient (Wildman–Crippen LogP) is 2.70. The van der Waals surface area contributed by atoms with Crippen LogP contribution in [0.15, 0.2) is 58.4 Å². The molecule has 8 heteroatoms. The van der Waals surface area contributed by atoms with Gasteiger partial charge in [0.1, 0.15) is 5.75 Å². The summed E-state index contributed by atoms with van der Waals surface area (Å²) >= 11 is 0. The third-order valence-corrected chi connectivity index (χ3v) is 5.35. The fraction of sp³-hybridized carbons (Fsp3) is 0.316. The number of aliphatic imine (C=N–C) groups is 1. The Morgan fingerprint density at radius 3 is 2.41 bits per heavy atom. The van der Waals surface area contributed by atoms with Crippen LogP contribution in [0.5, 0.6) is 5.75 Å². The lowest BCUT2D eigenvalue weighted by atomic mass is 10.1. The van der Waals surface area contributed by atoms with E-state index in [1.54, 1.807) is 58.2 Å². The van der Waals surface area contributed by atoms with Crippen LogP contribution in [0, 0.1) is 0 Å². The van der Waals surface area contributed by atoms with E-state index in [4.69, 9.17) is 10.5 Å². The van der Waals surface area contributed by atoms with Gasteiger partial charge < -0.3 is 15.8 Å². The molecular formula is C19H26N4O3S. The minimum absolute atomic E-state index is 0.120. The van der Waals surface area contributed by atoms with E-state index in [1.807, 2.05) is 18.2 Å². The fourth-order valence-electron chi connectivity index (χ4n) is 2.45. The minimum Gasteiger partial charge on any atom is -0.495 e. The molecule has 0 amide bonds. The Balaban J connectivity index is 2.22. The first kappa shape index (κ1) is 20.7. The predicted molar refractivity (Wildman–Crippen MR) is 108 cm³/mol. The summed E-state index contributed by atoms with van der Waals surface area (Å²) in [7, 11) is -2.10. The van der Waals surface area contributed by atoms with Gasteiger partial charge in [-0.3, -0.25) is 0 Å². The van der Waals surface area contributed by atoms with Gasteiger partial charge in [-0.2, -0.15) is 0 Å². The maximum atomic E-state index is 12.7. The zero-order chi connectivity index (χ0) is 20.1. The Hall–Kier alpha value is -2.58. The van der Waals surface area contributed by atoms with Crippen LogP contribution in [-0.2, 0) is 16.6 Å². The summed E-state index contributed by atoms with van der Waals surface area (Å²) in [5.41, 5.74) is 6.60. The number of nitrogens with one attached hydrogen (secondary N) is 2. The van der Waals surface area contributed by atoms with E-state index in [-0.39, 0.29) is 17.4 Å². The summed E-state index contributed by atoms with van der Waals surface area (Å²) in [5, 5.41) is 2.97. The van der Waals surface area contributed by atoms with Gasteiger partial charge in [0.2, 0.25) is 10.0 Å². The van der Waals surface area contributed by atoms with Crippen LogP contribution in [0.4, 0.5) is 5.69 Å². The number of hydrogen-bond donors (Lipinski definition) is 3. The molecule has 0 aromatic heterocycles. The van der Waals surface area contributed by atoms with Crippen molar-refractivity contribution >= 4 is 21.7 Å². The first-order valence-electron chi connectivity index (χ1n) is 8.44. The fourth-order valence-corrected chi connectivity index (χ4v) is 4.10. The van der Waals surface area contributed by atoms with Crippen LogP contribution in [0.2, 0.25) is 0 Å². The molecule has 2 aromatic carbocycles. The molecule has 2 rings (SSSR count). The van der Waals surface area contributed by atoms with Crippen LogP contribution < -0.4 is 20.5 Å². The van der Waals surface area contributed by atoms with Crippen molar-refractivity contribution in [1.29, 1.82) is 0 Å². The number of methoxy groups -OCH3 is 1. The second-order valence-electron chi connectivity index (χ2n) is 6.99. The maximum Gasteiger partial charge on any atom is 0.241 e. The van der Waals surface area contributed by atoms with Crippen LogP contribution >= 0.6 is 0 Å². The lowest BCUT2D eigenvalue weighted by Gasteiger charge is -2.21. The number of sulfonamides is 1. The summed E-state index contributed by atoms with van der Waals surface area (Å²) in [6, 6.07) is 14.0. The van der Waals surface area contributed by atoms with Gasteiger partial charge in [0, 0.05) is 5.54 Å². The van der Waals surface area contributed by atoms with Gasteiger partial charge in [-0.1, -0.05) is 30.3 Å². The molecule has 0 aliphatic rings. The van der Waals surface area contributed by atoms with Crippen LogP contribution in [0.1, 0.15) is 26.3 Å². The van der Waals surface area contributed by atoms with Crippen molar-refractivity contribution in [2.45, 2.75) is 37.8 Å². The van der Waals surface area contributed by atoms with E-state index in [0.29, 0.717) is 17.0 Å². The summed E-state index contributed by atoms with van der Waals surface area (Å²) < 4.78 is 33.2. The molecule has 4 N–H and O–H groups in total. The molecule has 0 bridgehead atoms. The maximum absolute atomic E-state index is 12.7. The summed E-state index contributed by atoms with van der Waals surface area (Å²) in [6.45, 7) is 5.50. The Morgan fingerprint density at radius 2 is 1.74 bits per heavy atom. The lowest BCUT2D eigenvalue weighted by Crippen LogP contribution is -2.40.